The van der Waals surface area contributed by atoms with Gasteiger partial charge in [0.2, 0.25) is 0 Å². The number of hydrogen-bond donors (Lipinski definition) is 0. The third-order valence-electron chi connectivity index (χ3n) is 13.5. The zero-order valence-electron chi connectivity index (χ0n) is 36.0. The summed E-state index contributed by atoms with van der Waals surface area (Å²) in [7, 11) is 0. The lowest BCUT2D eigenvalue weighted by Gasteiger charge is -2.26. The highest BCUT2D eigenvalue weighted by atomic mass is 16.3. The number of nitrogens with zero attached hydrogens (tertiary/aromatic N) is 1. The fourth-order valence-electron chi connectivity index (χ4n) is 10.2. The summed E-state index contributed by atoms with van der Waals surface area (Å²) in [5, 5.41) is 12.4. The summed E-state index contributed by atoms with van der Waals surface area (Å²) in [6, 6.07) is 90.3. The van der Waals surface area contributed by atoms with Crippen molar-refractivity contribution in [2.45, 2.75) is 0 Å². The van der Waals surface area contributed by atoms with E-state index in [1.54, 1.807) is 0 Å². The van der Waals surface area contributed by atoms with Crippen molar-refractivity contribution in [3.8, 4) is 44.5 Å². The van der Waals surface area contributed by atoms with Gasteiger partial charge in [0.25, 0.3) is 0 Å². The first-order chi connectivity index (χ1) is 32.7. The van der Waals surface area contributed by atoms with Gasteiger partial charge in [-0.15, -0.1) is 0 Å². The van der Waals surface area contributed by atoms with E-state index in [9.17, 15) is 0 Å². The molecule has 13 rings (SSSR count). The van der Waals surface area contributed by atoms with Crippen LogP contribution in [0.1, 0.15) is 0 Å². The Balaban J connectivity index is 0.874. The molecule has 12 aromatic carbocycles. The number of furan rings is 1. The highest BCUT2D eigenvalue weighted by Crippen LogP contribution is 2.42. The largest absolute Gasteiger partial charge is 0.456 e. The van der Waals surface area contributed by atoms with Gasteiger partial charge in [0, 0.05) is 27.8 Å². The minimum Gasteiger partial charge on any atom is -0.456 e. The summed E-state index contributed by atoms with van der Waals surface area (Å²) in [4.78, 5) is 2.37. The van der Waals surface area contributed by atoms with E-state index < -0.39 is 0 Å². The lowest BCUT2D eigenvalue weighted by molar-refractivity contribution is 0.669. The van der Waals surface area contributed by atoms with Crippen molar-refractivity contribution >= 4 is 82.1 Å². The third-order valence-corrected chi connectivity index (χ3v) is 13.5. The third kappa shape index (κ3) is 6.42. The highest BCUT2D eigenvalue weighted by Gasteiger charge is 2.18. The van der Waals surface area contributed by atoms with Gasteiger partial charge >= 0.3 is 0 Å². The fourth-order valence-corrected chi connectivity index (χ4v) is 10.2. The molecule has 0 unspecified atom stereocenters. The molecule has 0 aliphatic carbocycles. The van der Waals surface area contributed by atoms with E-state index in [1.807, 2.05) is 12.1 Å². The van der Waals surface area contributed by atoms with Gasteiger partial charge in [-0.1, -0.05) is 194 Å². The van der Waals surface area contributed by atoms with Crippen molar-refractivity contribution in [3.63, 3.8) is 0 Å². The molecule has 0 aliphatic rings. The first-order valence-corrected chi connectivity index (χ1v) is 22.6. The van der Waals surface area contributed by atoms with E-state index in [1.165, 1.54) is 76.5 Å². The Morgan fingerprint density at radius 2 is 0.742 bits per heavy atom. The van der Waals surface area contributed by atoms with Crippen LogP contribution in [-0.4, -0.2) is 0 Å². The average molecular weight is 840 g/mol. The molecule has 0 amide bonds. The molecule has 0 fully saturated rings. The molecule has 13 aromatic rings. The van der Waals surface area contributed by atoms with Gasteiger partial charge < -0.3 is 9.32 Å². The molecule has 2 heteroatoms. The number of benzene rings is 12. The lowest BCUT2D eigenvalue weighted by atomic mass is 9.94. The minimum absolute atomic E-state index is 0.891. The van der Waals surface area contributed by atoms with E-state index in [0.29, 0.717) is 0 Å². The van der Waals surface area contributed by atoms with E-state index in [0.717, 1.165) is 50.1 Å². The van der Waals surface area contributed by atoms with E-state index >= 15 is 0 Å². The molecule has 308 valence electrons. The summed E-state index contributed by atoms with van der Waals surface area (Å²) in [6.45, 7) is 0. The number of hydrogen-bond acceptors (Lipinski definition) is 2. The maximum Gasteiger partial charge on any atom is 0.136 e. The first kappa shape index (κ1) is 37.8. The average Bonchev–Trinajstić information content (AvgIpc) is 3.78. The SMILES string of the molecule is c1cc(-c2cccc3oc4ccccc4c23)cc(N(c2ccc(-c3ccc(-c4ccc5c(ccc6ccccc65)c4)cc3)cc2)c2ccc(-c3cccc4c3ccc3ccccc34)cc2)c1. The standard InChI is InChI=1S/C64H41NO/c1-3-14-54-45(10-1)26-27-50-40-48(33-38-57(50)54)44-24-22-42(23-25-44)43-28-34-51(35-29-43)65(53-13-7-12-49(41-53)58-18-9-21-63-64(58)61-16-5-6-20-62(61)66-63)52-36-30-47(31-37-52)56-17-8-19-59-55-15-4-2-11-46(55)32-39-60(56)59/h1-41H. The van der Waals surface area contributed by atoms with Gasteiger partial charge in [0.1, 0.15) is 11.2 Å². The van der Waals surface area contributed by atoms with Crippen molar-refractivity contribution < 1.29 is 4.42 Å². The Kier molecular flexibility index (Phi) is 8.89. The maximum atomic E-state index is 6.32. The molecule has 0 saturated heterocycles. The van der Waals surface area contributed by atoms with Crippen LogP contribution in [0.2, 0.25) is 0 Å². The molecule has 0 atom stereocenters. The molecular weight excluding hydrogens is 799 g/mol. The summed E-state index contributed by atoms with van der Waals surface area (Å²) in [5.74, 6) is 0. The molecule has 2 nitrogen and oxygen atoms in total. The number of rotatable bonds is 7. The second kappa shape index (κ2) is 15.5. The quantitative estimate of drug-likeness (QED) is 0.149. The van der Waals surface area contributed by atoms with Crippen molar-refractivity contribution in [1.82, 2.24) is 0 Å². The van der Waals surface area contributed by atoms with Crippen LogP contribution in [-0.2, 0) is 0 Å². The predicted octanol–water partition coefficient (Wildman–Crippen LogP) is 18.3. The summed E-state index contributed by atoms with van der Waals surface area (Å²) in [5.41, 5.74) is 14.5. The molecule has 1 aromatic heterocycles. The van der Waals surface area contributed by atoms with Crippen LogP contribution in [0.4, 0.5) is 17.1 Å². The van der Waals surface area contributed by atoms with Crippen molar-refractivity contribution in [3.05, 3.63) is 249 Å². The van der Waals surface area contributed by atoms with Gasteiger partial charge in [0.15, 0.2) is 0 Å². The predicted molar refractivity (Wildman–Crippen MR) is 280 cm³/mol. The zero-order valence-corrected chi connectivity index (χ0v) is 36.0. The summed E-state index contributed by atoms with van der Waals surface area (Å²) in [6.07, 6.45) is 0. The Labute approximate surface area is 382 Å². The van der Waals surface area contributed by atoms with Gasteiger partial charge in [-0.3, -0.25) is 0 Å². The van der Waals surface area contributed by atoms with Crippen LogP contribution in [0.25, 0.3) is 110 Å². The van der Waals surface area contributed by atoms with E-state index in [-0.39, 0.29) is 0 Å². The second-order valence-corrected chi connectivity index (χ2v) is 17.2. The summed E-state index contributed by atoms with van der Waals surface area (Å²) >= 11 is 0. The summed E-state index contributed by atoms with van der Waals surface area (Å²) < 4.78 is 6.32. The molecule has 0 radical (unpaired) electrons. The molecule has 0 bridgehead atoms. The molecule has 66 heavy (non-hydrogen) atoms. The normalized spacial score (nSPS) is 11.6. The Bertz CT molecular complexity index is 3970. The topological polar surface area (TPSA) is 16.4 Å². The Morgan fingerprint density at radius 1 is 0.242 bits per heavy atom. The van der Waals surface area contributed by atoms with Crippen LogP contribution in [0.5, 0.6) is 0 Å². The minimum atomic E-state index is 0.891. The number of para-hydroxylation sites is 1. The van der Waals surface area contributed by atoms with Crippen molar-refractivity contribution in [1.29, 1.82) is 0 Å². The van der Waals surface area contributed by atoms with Crippen LogP contribution in [0.3, 0.4) is 0 Å². The van der Waals surface area contributed by atoms with Crippen LogP contribution in [0, 0.1) is 0 Å². The first-order valence-electron chi connectivity index (χ1n) is 22.6. The van der Waals surface area contributed by atoms with Gasteiger partial charge in [-0.25, -0.2) is 0 Å². The highest BCUT2D eigenvalue weighted by molar-refractivity contribution is 6.14. The second-order valence-electron chi connectivity index (χ2n) is 17.2. The molecule has 0 aliphatic heterocycles. The van der Waals surface area contributed by atoms with Crippen LogP contribution >= 0.6 is 0 Å². The molecule has 0 saturated carbocycles. The lowest BCUT2D eigenvalue weighted by Crippen LogP contribution is -2.10. The van der Waals surface area contributed by atoms with Gasteiger partial charge in [0.05, 0.1) is 0 Å². The van der Waals surface area contributed by atoms with Crippen LogP contribution < -0.4 is 4.90 Å². The van der Waals surface area contributed by atoms with E-state index in [2.05, 4.69) is 241 Å². The number of fused-ring (bicyclic) bond motifs is 9. The van der Waals surface area contributed by atoms with Crippen molar-refractivity contribution in [2.75, 3.05) is 4.90 Å². The monoisotopic (exact) mass is 839 g/mol. The van der Waals surface area contributed by atoms with Crippen molar-refractivity contribution in [2.24, 2.45) is 0 Å². The van der Waals surface area contributed by atoms with Gasteiger partial charge in [-0.05, 0) is 142 Å². The molecule has 0 N–H and O–H groups in total. The van der Waals surface area contributed by atoms with E-state index in [4.69, 9.17) is 4.42 Å². The maximum absolute atomic E-state index is 6.32. The molecule has 0 spiro atoms. The number of anilines is 3. The molecular formula is C64H41NO. The zero-order chi connectivity index (χ0) is 43.6. The fraction of sp³-hybridized carbons (Fsp3) is 0. The smallest absolute Gasteiger partial charge is 0.136 e. The van der Waals surface area contributed by atoms with Gasteiger partial charge in [-0.2, -0.15) is 0 Å². The van der Waals surface area contributed by atoms with Crippen LogP contribution in [0.15, 0.2) is 253 Å². The molecule has 1 heterocycles. The Morgan fingerprint density at radius 3 is 1.50 bits per heavy atom. The Hall–Kier alpha value is -8.72.